The minimum Gasteiger partial charge on any atom is -0.343 e. The molecular weight excluding hydrogens is 402 g/mol. The Morgan fingerprint density at radius 2 is 1.21 bits per heavy atom. The standard InChI is InChI=1S/C31H25NO/c33-31(27-19-11-4-12-20-27)29-28(25-15-7-2-8-16-25)21-22-32(23-24-13-5-1-6-14-24)30(29)26-17-9-3-10-18-26/h1-22,28H,23H2. The van der Waals surface area contributed by atoms with Crippen LogP contribution in [0.5, 0.6) is 0 Å². The SMILES string of the molecule is O=C(C1=C(c2ccccc2)N(Cc2ccccc2)C=CC1c1ccccc1)c1ccccc1. The molecule has 4 aromatic rings. The van der Waals surface area contributed by atoms with E-state index in [4.69, 9.17) is 0 Å². The third kappa shape index (κ3) is 4.42. The minimum atomic E-state index is -0.124. The Morgan fingerprint density at radius 3 is 1.85 bits per heavy atom. The molecule has 0 fully saturated rings. The van der Waals surface area contributed by atoms with Crippen LogP contribution in [0.15, 0.2) is 139 Å². The van der Waals surface area contributed by atoms with Gasteiger partial charge in [0, 0.05) is 29.8 Å². The molecular formula is C31H25NO. The van der Waals surface area contributed by atoms with E-state index < -0.39 is 0 Å². The summed E-state index contributed by atoms with van der Waals surface area (Å²) in [5.41, 5.74) is 5.82. The van der Waals surface area contributed by atoms with Gasteiger partial charge in [-0.3, -0.25) is 4.79 Å². The molecule has 0 saturated heterocycles. The summed E-state index contributed by atoms with van der Waals surface area (Å²) >= 11 is 0. The van der Waals surface area contributed by atoms with Crippen LogP contribution < -0.4 is 0 Å². The predicted octanol–water partition coefficient (Wildman–Crippen LogP) is 7.09. The van der Waals surface area contributed by atoms with Crippen molar-refractivity contribution < 1.29 is 4.79 Å². The van der Waals surface area contributed by atoms with E-state index in [1.54, 1.807) is 0 Å². The van der Waals surface area contributed by atoms with Gasteiger partial charge in [0.1, 0.15) is 0 Å². The Bertz CT molecular complexity index is 1280. The van der Waals surface area contributed by atoms with E-state index in [0.29, 0.717) is 12.1 Å². The molecule has 0 aromatic heterocycles. The fraction of sp³-hybridized carbons (Fsp3) is 0.0645. The summed E-state index contributed by atoms with van der Waals surface area (Å²) < 4.78 is 0. The quantitative estimate of drug-likeness (QED) is 0.306. The van der Waals surface area contributed by atoms with Crippen LogP contribution in [0.4, 0.5) is 0 Å². The molecule has 33 heavy (non-hydrogen) atoms. The largest absolute Gasteiger partial charge is 0.343 e. The predicted molar refractivity (Wildman–Crippen MR) is 134 cm³/mol. The van der Waals surface area contributed by atoms with Crippen LogP contribution in [0.2, 0.25) is 0 Å². The van der Waals surface area contributed by atoms with Gasteiger partial charge in [-0.15, -0.1) is 0 Å². The number of allylic oxidation sites excluding steroid dienone is 2. The molecule has 1 atom stereocenters. The molecule has 1 unspecified atom stereocenters. The summed E-state index contributed by atoms with van der Waals surface area (Å²) in [7, 11) is 0. The Morgan fingerprint density at radius 1 is 0.667 bits per heavy atom. The van der Waals surface area contributed by atoms with Gasteiger partial charge in [0.05, 0.1) is 5.70 Å². The molecule has 1 aliphatic heterocycles. The third-order valence-corrected chi connectivity index (χ3v) is 5.99. The van der Waals surface area contributed by atoms with Crippen molar-refractivity contribution in [2.45, 2.75) is 12.5 Å². The van der Waals surface area contributed by atoms with Crippen LogP contribution in [0.3, 0.4) is 0 Å². The highest BCUT2D eigenvalue weighted by Crippen LogP contribution is 2.40. The van der Waals surface area contributed by atoms with Crippen LogP contribution >= 0.6 is 0 Å². The number of carbonyl (C=O) groups excluding carboxylic acids is 1. The topological polar surface area (TPSA) is 20.3 Å². The van der Waals surface area contributed by atoms with Crippen molar-refractivity contribution in [2.75, 3.05) is 0 Å². The van der Waals surface area contributed by atoms with Gasteiger partial charge >= 0.3 is 0 Å². The van der Waals surface area contributed by atoms with Crippen LogP contribution in [0.25, 0.3) is 5.70 Å². The lowest BCUT2D eigenvalue weighted by molar-refractivity contribution is 0.102. The van der Waals surface area contributed by atoms with E-state index in [9.17, 15) is 4.79 Å². The van der Waals surface area contributed by atoms with Gasteiger partial charge in [-0.1, -0.05) is 127 Å². The normalized spacial score (nSPS) is 15.5. The first kappa shape index (κ1) is 20.7. The number of hydrogen-bond acceptors (Lipinski definition) is 2. The van der Waals surface area contributed by atoms with Gasteiger partial charge in [0.2, 0.25) is 0 Å². The first-order valence-corrected chi connectivity index (χ1v) is 11.2. The Hall–Kier alpha value is -4.17. The zero-order valence-electron chi connectivity index (χ0n) is 18.3. The molecule has 1 aliphatic rings. The van der Waals surface area contributed by atoms with E-state index in [2.05, 4.69) is 65.7 Å². The smallest absolute Gasteiger partial charge is 0.192 e. The number of benzene rings is 4. The summed E-state index contributed by atoms with van der Waals surface area (Å²) in [6.45, 7) is 0.689. The number of rotatable bonds is 6. The highest BCUT2D eigenvalue weighted by atomic mass is 16.1. The summed E-state index contributed by atoms with van der Waals surface area (Å²) in [4.78, 5) is 16.3. The lowest BCUT2D eigenvalue weighted by Gasteiger charge is -2.34. The molecule has 160 valence electrons. The molecule has 5 rings (SSSR count). The highest BCUT2D eigenvalue weighted by molar-refractivity contribution is 6.14. The fourth-order valence-electron chi connectivity index (χ4n) is 4.42. The second kappa shape index (κ2) is 9.54. The number of Topliss-reactive ketones (excluding diaryl/α,β-unsaturated/α-hetero) is 1. The zero-order valence-corrected chi connectivity index (χ0v) is 18.3. The molecule has 0 spiro atoms. The Kier molecular flexibility index (Phi) is 5.99. The molecule has 0 amide bonds. The Balaban J connectivity index is 1.71. The second-order valence-electron chi connectivity index (χ2n) is 8.17. The van der Waals surface area contributed by atoms with Gasteiger partial charge in [0.25, 0.3) is 0 Å². The number of hydrogen-bond donors (Lipinski definition) is 0. The summed E-state index contributed by atoms with van der Waals surface area (Å²) in [5, 5.41) is 0. The van der Waals surface area contributed by atoms with Crippen molar-refractivity contribution in [3.05, 3.63) is 161 Å². The number of ketones is 1. The highest BCUT2D eigenvalue weighted by Gasteiger charge is 2.31. The average molecular weight is 428 g/mol. The second-order valence-corrected chi connectivity index (χ2v) is 8.17. The molecule has 0 N–H and O–H groups in total. The van der Waals surface area contributed by atoms with Crippen LogP contribution in [-0.2, 0) is 6.54 Å². The van der Waals surface area contributed by atoms with Gasteiger partial charge in [-0.25, -0.2) is 0 Å². The van der Waals surface area contributed by atoms with E-state index in [1.807, 2.05) is 72.8 Å². The summed E-state index contributed by atoms with van der Waals surface area (Å²) in [6.07, 6.45) is 4.29. The number of nitrogens with zero attached hydrogens (tertiary/aromatic N) is 1. The van der Waals surface area contributed by atoms with E-state index in [0.717, 1.165) is 22.4 Å². The van der Waals surface area contributed by atoms with Gasteiger partial charge in [-0.05, 0) is 16.7 Å². The lowest BCUT2D eigenvalue weighted by atomic mass is 9.81. The molecule has 4 aromatic carbocycles. The summed E-state index contributed by atoms with van der Waals surface area (Å²) in [6, 6.07) is 40.5. The summed E-state index contributed by atoms with van der Waals surface area (Å²) in [5.74, 6) is -0.0631. The maximum Gasteiger partial charge on any atom is 0.192 e. The fourth-order valence-corrected chi connectivity index (χ4v) is 4.42. The number of carbonyl (C=O) groups is 1. The van der Waals surface area contributed by atoms with Crippen molar-refractivity contribution in [2.24, 2.45) is 0 Å². The minimum absolute atomic E-state index is 0.0608. The van der Waals surface area contributed by atoms with Gasteiger partial charge in [-0.2, -0.15) is 0 Å². The van der Waals surface area contributed by atoms with Crippen molar-refractivity contribution in [3.63, 3.8) is 0 Å². The van der Waals surface area contributed by atoms with Crippen molar-refractivity contribution in [3.8, 4) is 0 Å². The molecule has 2 heteroatoms. The molecule has 0 saturated carbocycles. The molecule has 2 nitrogen and oxygen atoms in total. The van der Waals surface area contributed by atoms with Gasteiger partial charge < -0.3 is 4.90 Å². The zero-order chi connectivity index (χ0) is 22.5. The van der Waals surface area contributed by atoms with Crippen LogP contribution in [0, 0.1) is 0 Å². The van der Waals surface area contributed by atoms with E-state index in [1.165, 1.54) is 5.56 Å². The van der Waals surface area contributed by atoms with Crippen LogP contribution in [-0.4, -0.2) is 10.7 Å². The van der Waals surface area contributed by atoms with Crippen molar-refractivity contribution in [1.82, 2.24) is 4.90 Å². The molecule has 1 heterocycles. The van der Waals surface area contributed by atoms with Crippen molar-refractivity contribution in [1.29, 1.82) is 0 Å². The van der Waals surface area contributed by atoms with E-state index >= 15 is 0 Å². The first-order valence-electron chi connectivity index (χ1n) is 11.2. The monoisotopic (exact) mass is 427 g/mol. The third-order valence-electron chi connectivity index (χ3n) is 5.99. The maximum atomic E-state index is 14.0. The Labute approximate surface area is 195 Å². The van der Waals surface area contributed by atoms with E-state index in [-0.39, 0.29) is 11.7 Å². The molecule has 0 radical (unpaired) electrons. The maximum absolute atomic E-state index is 14.0. The average Bonchev–Trinajstić information content (AvgIpc) is 2.90. The van der Waals surface area contributed by atoms with Crippen LogP contribution in [0.1, 0.15) is 33.0 Å². The van der Waals surface area contributed by atoms with Gasteiger partial charge in [0.15, 0.2) is 5.78 Å². The molecule has 0 aliphatic carbocycles. The molecule has 0 bridgehead atoms. The van der Waals surface area contributed by atoms with Crippen molar-refractivity contribution >= 4 is 11.5 Å². The first-order chi connectivity index (χ1) is 16.3. The lowest BCUT2D eigenvalue weighted by Crippen LogP contribution is -2.26.